The number of fused-ring (bicyclic) bond motifs is 3. The van der Waals surface area contributed by atoms with E-state index in [1.807, 2.05) is 22.6 Å². The van der Waals surface area contributed by atoms with Gasteiger partial charge in [-0.05, 0) is 25.0 Å². The molecule has 7 heteroatoms. The van der Waals surface area contributed by atoms with Crippen LogP contribution in [0.4, 0.5) is 5.82 Å². The summed E-state index contributed by atoms with van der Waals surface area (Å²) in [6.45, 7) is 2.04. The number of hydrogen-bond donors (Lipinski definition) is 4. The number of aromatic amines is 1. The first-order valence-electron chi connectivity index (χ1n) is 7.98. The molecule has 3 rings (SSSR count). The van der Waals surface area contributed by atoms with Crippen LogP contribution in [-0.4, -0.2) is 27.0 Å². The molecule has 2 heterocycles. The zero-order valence-corrected chi connectivity index (χ0v) is 13.4. The van der Waals surface area contributed by atoms with Gasteiger partial charge in [0, 0.05) is 11.5 Å². The van der Waals surface area contributed by atoms with Crippen molar-refractivity contribution in [2.24, 2.45) is 0 Å². The highest BCUT2D eigenvalue weighted by Gasteiger charge is 2.15. The highest BCUT2D eigenvalue weighted by atomic mass is 16.5. The Hall–Kier alpha value is -2.80. The fourth-order valence-electron chi connectivity index (χ4n) is 2.88. The van der Waals surface area contributed by atoms with Crippen molar-refractivity contribution < 1.29 is 10.0 Å². The maximum Gasteiger partial charge on any atom is 0.262 e. The van der Waals surface area contributed by atoms with Crippen molar-refractivity contribution in [1.82, 2.24) is 14.9 Å². The van der Waals surface area contributed by atoms with Gasteiger partial charge in [-0.3, -0.25) is 19.2 Å². The van der Waals surface area contributed by atoms with Crippen LogP contribution in [0.2, 0.25) is 0 Å². The van der Waals surface area contributed by atoms with Gasteiger partial charge in [0.1, 0.15) is 11.5 Å². The van der Waals surface area contributed by atoms with E-state index in [2.05, 4.69) is 17.2 Å². The first-order valence-corrected chi connectivity index (χ1v) is 7.98. The van der Waals surface area contributed by atoms with Crippen molar-refractivity contribution in [3.8, 4) is 0 Å². The lowest BCUT2D eigenvalue weighted by Crippen LogP contribution is -2.27. The highest BCUT2D eigenvalue weighted by molar-refractivity contribution is 5.85. The molecule has 0 saturated carbocycles. The molecule has 1 amide bonds. The summed E-state index contributed by atoms with van der Waals surface area (Å²) >= 11 is 0. The number of nitrogens with zero attached hydrogens (tertiary/aromatic N) is 1. The number of anilines is 1. The predicted molar refractivity (Wildman–Crippen MR) is 92.6 cm³/mol. The van der Waals surface area contributed by atoms with Gasteiger partial charge in [0.25, 0.3) is 5.91 Å². The molecule has 0 fully saturated rings. The van der Waals surface area contributed by atoms with Crippen molar-refractivity contribution in [3.05, 3.63) is 46.2 Å². The van der Waals surface area contributed by atoms with Crippen molar-refractivity contribution in [2.75, 3.05) is 11.9 Å². The molecule has 0 saturated heterocycles. The Balaban J connectivity index is 2.20. The normalized spacial score (nSPS) is 11.1. The SMILES string of the molecule is CCCCc1[nH]c2cc(=O)c3ccccc3n2c1NCC(=O)NO. The molecule has 0 aliphatic heterocycles. The average Bonchev–Trinajstić information content (AvgIpc) is 2.95. The van der Waals surface area contributed by atoms with Crippen molar-refractivity contribution in [1.29, 1.82) is 0 Å². The molecule has 4 N–H and O–H groups in total. The maximum atomic E-state index is 12.3. The number of hydrogen-bond acceptors (Lipinski definition) is 4. The van der Waals surface area contributed by atoms with E-state index in [-0.39, 0.29) is 12.0 Å². The van der Waals surface area contributed by atoms with E-state index >= 15 is 0 Å². The molecule has 2 aromatic heterocycles. The van der Waals surface area contributed by atoms with E-state index in [0.29, 0.717) is 11.0 Å². The molecule has 126 valence electrons. The third-order valence-corrected chi connectivity index (χ3v) is 4.03. The predicted octanol–water partition coefficient (Wildman–Crippen LogP) is 2.04. The molecule has 1 aromatic carbocycles. The quantitative estimate of drug-likeness (QED) is 0.411. The molecule has 0 spiro atoms. The van der Waals surface area contributed by atoms with E-state index in [1.165, 1.54) is 0 Å². The Morgan fingerprint density at radius 3 is 2.88 bits per heavy atom. The number of imidazole rings is 1. The second-order valence-corrected chi connectivity index (χ2v) is 5.69. The zero-order chi connectivity index (χ0) is 17.1. The standard InChI is InChI=1S/C17H20N4O3/c1-2-3-7-12-17(18-10-16(23)20-24)21-13-8-5-4-6-11(13)14(22)9-15(21)19-12/h4-6,8-9,18-19,24H,2-3,7,10H2,1H3,(H,20,23). The second kappa shape index (κ2) is 6.76. The van der Waals surface area contributed by atoms with Gasteiger partial charge in [0.15, 0.2) is 5.43 Å². The molecular weight excluding hydrogens is 308 g/mol. The summed E-state index contributed by atoms with van der Waals surface area (Å²) in [5, 5.41) is 12.4. The number of pyridine rings is 1. The van der Waals surface area contributed by atoms with Gasteiger partial charge in [0.05, 0.1) is 17.8 Å². The fraction of sp³-hybridized carbons (Fsp3) is 0.294. The summed E-state index contributed by atoms with van der Waals surface area (Å²) in [6.07, 6.45) is 2.81. The number of amides is 1. The van der Waals surface area contributed by atoms with E-state index < -0.39 is 5.91 Å². The van der Waals surface area contributed by atoms with E-state index in [4.69, 9.17) is 5.21 Å². The summed E-state index contributed by atoms with van der Waals surface area (Å²) in [7, 11) is 0. The van der Waals surface area contributed by atoms with Crippen molar-refractivity contribution >= 4 is 28.3 Å². The Labute approximate surface area is 138 Å². The lowest BCUT2D eigenvalue weighted by molar-refractivity contribution is -0.127. The van der Waals surface area contributed by atoms with Crippen LogP contribution >= 0.6 is 0 Å². The van der Waals surface area contributed by atoms with Crippen molar-refractivity contribution in [3.63, 3.8) is 0 Å². The van der Waals surface area contributed by atoms with Crippen LogP contribution < -0.4 is 16.2 Å². The molecule has 7 nitrogen and oxygen atoms in total. The lowest BCUT2D eigenvalue weighted by atomic mass is 10.2. The number of aryl methyl sites for hydroxylation is 1. The third-order valence-electron chi connectivity index (χ3n) is 4.03. The van der Waals surface area contributed by atoms with Crippen LogP contribution in [0.1, 0.15) is 25.5 Å². The largest absolute Gasteiger partial charge is 0.361 e. The monoisotopic (exact) mass is 328 g/mol. The van der Waals surface area contributed by atoms with E-state index in [0.717, 1.165) is 36.3 Å². The highest BCUT2D eigenvalue weighted by Crippen LogP contribution is 2.24. The Morgan fingerprint density at radius 1 is 1.33 bits per heavy atom. The molecule has 24 heavy (non-hydrogen) atoms. The zero-order valence-electron chi connectivity index (χ0n) is 13.4. The minimum absolute atomic E-state index is 0.0476. The minimum atomic E-state index is -0.531. The first kappa shape index (κ1) is 16.1. The number of aromatic nitrogens is 2. The number of carbonyl (C=O) groups excluding carboxylic acids is 1. The molecule has 0 aliphatic rings. The van der Waals surface area contributed by atoms with Crippen LogP contribution in [0.25, 0.3) is 16.6 Å². The van der Waals surface area contributed by atoms with Crippen molar-refractivity contribution in [2.45, 2.75) is 26.2 Å². The Bertz CT molecular complexity index is 942. The molecule has 0 radical (unpaired) electrons. The number of unbranched alkanes of at least 4 members (excludes halogenated alkanes) is 1. The lowest BCUT2D eigenvalue weighted by Gasteiger charge is -2.10. The van der Waals surface area contributed by atoms with Gasteiger partial charge in [-0.2, -0.15) is 0 Å². The number of hydroxylamine groups is 1. The van der Waals surface area contributed by atoms with E-state index in [9.17, 15) is 9.59 Å². The minimum Gasteiger partial charge on any atom is -0.361 e. The Kier molecular flexibility index (Phi) is 4.52. The van der Waals surface area contributed by atoms with Crippen LogP contribution in [0.15, 0.2) is 35.1 Å². The number of carbonyl (C=O) groups is 1. The molecular formula is C17H20N4O3. The molecule has 0 atom stereocenters. The van der Waals surface area contributed by atoms with Crippen LogP contribution in [0.3, 0.4) is 0 Å². The summed E-state index contributed by atoms with van der Waals surface area (Å²) < 4.78 is 1.91. The van der Waals surface area contributed by atoms with Gasteiger partial charge in [-0.25, -0.2) is 5.48 Å². The first-order chi connectivity index (χ1) is 11.7. The number of H-pyrrole nitrogens is 1. The third kappa shape index (κ3) is 2.85. The molecule has 0 unspecified atom stereocenters. The summed E-state index contributed by atoms with van der Waals surface area (Å²) in [6, 6.07) is 8.92. The smallest absolute Gasteiger partial charge is 0.262 e. The van der Waals surface area contributed by atoms with E-state index in [1.54, 1.807) is 17.6 Å². The average molecular weight is 328 g/mol. The number of para-hydroxylation sites is 1. The molecule has 0 aliphatic carbocycles. The number of benzene rings is 1. The number of nitrogens with one attached hydrogen (secondary N) is 3. The van der Waals surface area contributed by atoms with Crippen LogP contribution in [0, 0.1) is 0 Å². The van der Waals surface area contributed by atoms with Gasteiger partial charge in [-0.15, -0.1) is 0 Å². The summed E-state index contributed by atoms with van der Waals surface area (Å²) in [5.74, 6) is 0.203. The molecule has 0 bridgehead atoms. The van der Waals surface area contributed by atoms with Crippen LogP contribution in [-0.2, 0) is 11.2 Å². The second-order valence-electron chi connectivity index (χ2n) is 5.69. The van der Waals surface area contributed by atoms with Gasteiger partial charge in [-0.1, -0.05) is 25.5 Å². The fourth-order valence-corrected chi connectivity index (χ4v) is 2.88. The van der Waals surface area contributed by atoms with Crippen LogP contribution in [0.5, 0.6) is 0 Å². The van der Waals surface area contributed by atoms with Gasteiger partial charge < -0.3 is 10.3 Å². The molecule has 3 aromatic rings. The number of rotatable bonds is 6. The summed E-state index contributed by atoms with van der Waals surface area (Å²) in [5.41, 5.74) is 3.94. The maximum absolute atomic E-state index is 12.3. The van der Waals surface area contributed by atoms with Gasteiger partial charge in [0.2, 0.25) is 0 Å². The summed E-state index contributed by atoms with van der Waals surface area (Å²) in [4.78, 5) is 27.0. The Morgan fingerprint density at radius 2 is 2.12 bits per heavy atom. The topological polar surface area (TPSA) is 98.6 Å². The van der Waals surface area contributed by atoms with Gasteiger partial charge >= 0.3 is 0 Å².